The highest BCUT2D eigenvalue weighted by Gasteiger charge is 2.30. The molecule has 0 spiro atoms. The Labute approximate surface area is 114 Å². The number of anilines is 1. The average molecular weight is 284 g/mol. The highest BCUT2D eigenvalue weighted by Crippen LogP contribution is 2.30. The number of hydrogen-bond donors (Lipinski definition) is 3. The fourth-order valence-electron chi connectivity index (χ4n) is 2.33. The molecule has 1 aromatic carbocycles. The molecule has 0 saturated heterocycles. The molecule has 3 atom stereocenters. The van der Waals surface area contributed by atoms with Crippen molar-refractivity contribution in [3.8, 4) is 0 Å². The molecule has 0 bridgehead atoms. The Bertz CT molecular complexity index is 573. The number of benzene rings is 1. The number of nitrogens with two attached hydrogens (primary N) is 1. The van der Waals surface area contributed by atoms with Crippen LogP contribution in [-0.4, -0.2) is 28.3 Å². The van der Waals surface area contributed by atoms with Gasteiger partial charge in [-0.1, -0.05) is 22.9 Å². The van der Waals surface area contributed by atoms with Gasteiger partial charge in [-0.3, -0.25) is 0 Å². The van der Waals surface area contributed by atoms with Gasteiger partial charge in [-0.25, -0.2) is 4.98 Å². The van der Waals surface area contributed by atoms with E-state index in [-0.39, 0.29) is 18.2 Å². The van der Waals surface area contributed by atoms with Gasteiger partial charge in [0.05, 0.1) is 16.3 Å². The van der Waals surface area contributed by atoms with E-state index in [2.05, 4.69) is 10.3 Å². The Kier molecular flexibility index (Phi) is 3.15. The summed E-state index contributed by atoms with van der Waals surface area (Å²) in [4.78, 5) is 4.49. The minimum atomic E-state index is -0.304. The molecule has 18 heavy (non-hydrogen) atoms. The maximum absolute atomic E-state index is 9.57. The summed E-state index contributed by atoms with van der Waals surface area (Å²) in [6.07, 6.45) is 1.02. The number of aliphatic hydroxyl groups is 1. The van der Waals surface area contributed by atoms with Crippen LogP contribution in [0, 0.1) is 0 Å². The second kappa shape index (κ2) is 4.66. The third-order valence-corrected chi connectivity index (χ3v) is 4.43. The van der Waals surface area contributed by atoms with E-state index in [1.165, 1.54) is 0 Å². The molecule has 4 N–H and O–H groups in total. The molecule has 0 aliphatic heterocycles. The van der Waals surface area contributed by atoms with Crippen LogP contribution in [0.1, 0.15) is 12.8 Å². The van der Waals surface area contributed by atoms with Gasteiger partial charge in [-0.2, -0.15) is 0 Å². The van der Waals surface area contributed by atoms with Crippen LogP contribution in [0.5, 0.6) is 0 Å². The molecule has 96 valence electrons. The summed E-state index contributed by atoms with van der Waals surface area (Å²) in [5, 5.41) is 14.4. The average Bonchev–Trinajstić information content (AvgIpc) is 2.82. The zero-order valence-corrected chi connectivity index (χ0v) is 11.2. The lowest BCUT2D eigenvalue weighted by molar-refractivity contribution is 0.180. The summed E-state index contributed by atoms with van der Waals surface area (Å²) < 4.78 is 1.05. The molecule has 0 radical (unpaired) electrons. The van der Waals surface area contributed by atoms with E-state index in [1.54, 1.807) is 11.3 Å². The SMILES string of the molecule is N[C@H]1C[C@@H](O)C[C@H]1Nc1nc2ccc(Cl)cc2s1. The molecular weight excluding hydrogens is 270 g/mol. The molecule has 1 aromatic heterocycles. The number of aliphatic hydroxyl groups excluding tert-OH is 1. The third kappa shape index (κ3) is 2.31. The lowest BCUT2D eigenvalue weighted by atomic mass is 10.2. The summed E-state index contributed by atoms with van der Waals surface area (Å²) in [5.41, 5.74) is 6.90. The smallest absolute Gasteiger partial charge is 0.184 e. The van der Waals surface area contributed by atoms with Gasteiger partial charge in [-0.15, -0.1) is 0 Å². The first-order valence-corrected chi connectivity index (χ1v) is 7.07. The monoisotopic (exact) mass is 283 g/mol. The van der Waals surface area contributed by atoms with E-state index < -0.39 is 0 Å². The fraction of sp³-hybridized carbons (Fsp3) is 0.417. The van der Waals surface area contributed by atoms with Crippen LogP contribution in [0.15, 0.2) is 18.2 Å². The van der Waals surface area contributed by atoms with Crippen molar-refractivity contribution in [3.05, 3.63) is 23.2 Å². The Balaban J connectivity index is 1.82. The Morgan fingerprint density at radius 3 is 3.00 bits per heavy atom. The molecule has 2 aromatic rings. The number of aromatic nitrogens is 1. The summed E-state index contributed by atoms with van der Waals surface area (Å²) in [6.45, 7) is 0. The Morgan fingerprint density at radius 2 is 2.28 bits per heavy atom. The fourth-order valence-corrected chi connectivity index (χ4v) is 3.53. The normalized spacial score (nSPS) is 27.8. The molecular formula is C12H14ClN3OS. The van der Waals surface area contributed by atoms with Crippen molar-refractivity contribution in [2.45, 2.75) is 31.0 Å². The summed E-state index contributed by atoms with van der Waals surface area (Å²) in [6, 6.07) is 5.72. The van der Waals surface area contributed by atoms with Gasteiger partial charge < -0.3 is 16.2 Å². The maximum atomic E-state index is 9.57. The predicted octanol–water partition coefficient (Wildman–Crippen LogP) is 2.21. The molecule has 1 fully saturated rings. The molecule has 3 rings (SSSR count). The largest absolute Gasteiger partial charge is 0.393 e. The van der Waals surface area contributed by atoms with E-state index in [1.807, 2.05) is 18.2 Å². The zero-order chi connectivity index (χ0) is 12.7. The van der Waals surface area contributed by atoms with Crippen molar-refractivity contribution in [1.82, 2.24) is 4.98 Å². The molecule has 0 amide bonds. The van der Waals surface area contributed by atoms with Crippen molar-refractivity contribution in [2.24, 2.45) is 5.73 Å². The van der Waals surface area contributed by atoms with E-state index >= 15 is 0 Å². The Hall–Kier alpha value is -0.880. The zero-order valence-electron chi connectivity index (χ0n) is 9.64. The molecule has 1 heterocycles. The molecule has 1 aliphatic carbocycles. The number of hydrogen-bond acceptors (Lipinski definition) is 5. The van der Waals surface area contributed by atoms with Crippen LogP contribution < -0.4 is 11.1 Å². The van der Waals surface area contributed by atoms with Crippen LogP contribution in [0.4, 0.5) is 5.13 Å². The number of nitrogens with one attached hydrogen (secondary N) is 1. The van der Waals surface area contributed by atoms with E-state index in [9.17, 15) is 5.11 Å². The molecule has 1 saturated carbocycles. The molecule has 4 nitrogen and oxygen atoms in total. The minimum absolute atomic E-state index is 0.0180. The third-order valence-electron chi connectivity index (χ3n) is 3.25. The number of thiazole rings is 1. The topological polar surface area (TPSA) is 71.2 Å². The van der Waals surface area contributed by atoms with Gasteiger partial charge in [0.15, 0.2) is 5.13 Å². The summed E-state index contributed by atoms with van der Waals surface area (Å²) in [7, 11) is 0. The van der Waals surface area contributed by atoms with Crippen LogP contribution in [0.2, 0.25) is 5.02 Å². The van der Waals surface area contributed by atoms with E-state index in [4.69, 9.17) is 17.3 Å². The first-order valence-electron chi connectivity index (χ1n) is 5.88. The second-order valence-electron chi connectivity index (χ2n) is 4.67. The van der Waals surface area contributed by atoms with Crippen molar-refractivity contribution in [3.63, 3.8) is 0 Å². The highest BCUT2D eigenvalue weighted by atomic mass is 35.5. The lowest BCUT2D eigenvalue weighted by Gasteiger charge is -2.15. The van der Waals surface area contributed by atoms with Gasteiger partial charge in [-0.05, 0) is 31.0 Å². The Morgan fingerprint density at radius 1 is 1.44 bits per heavy atom. The first-order chi connectivity index (χ1) is 8.61. The van der Waals surface area contributed by atoms with Crippen LogP contribution in [-0.2, 0) is 0 Å². The van der Waals surface area contributed by atoms with Crippen molar-refractivity contribution in [2.75, 3.05) is 5.32 Å². The van der Waals surface area contributed by atoms with Crippen LogP contribution >= 0.6 is 22.9 Å². The van der Waals surface area contributed by atoms with E-state index in [0.717, 1.165) is 15.3 Å². The molecule has 6 heteroatoms. The number of nitrogens with zero attached hydrogens (tertiary/aromatic N) is 1. The van der Waals surface area contributed by atoms with E-state index in [0.29, 0.717) is 17.9 Å². The van der Waals surface area contributed by atoms with Gasteiger partial charge >= 0.3 is 0 Å². The number of rotatable bonds is 2. The predicted molar refractivity (Wildman–Crippen MR) is 75.3 cm³/mol. The van der Waals surface area contributed by atoms with Gasteiger partial charge in [0.2, 0.25) is 0 Å². The second-order valence-corrected chi connectivity index (χ2v) is 6.14. The van der Waals surface area contributed by atoms with Crippen LogP contribution in [0.3, 0.4) is 0 Å². The molecule has 0 unspecified atom stereocenters. The van der Waals surface area contributed by atoms with Gasteiger partial charge in [0.25, 0.3) is 0 Å². The standard InChI is InChI=1S/C12H14ClN3OS/c13-6-1-2-9-11(3-6)18-12(15-9)16-10-5-7(17)4-8(10)14/h1-3,7-8,10,17H,4-5,14H2,(H,15,16)/t7-,8+,10-/m1/s1. The summed E-state index contributed by atoms with van der Waals surface area (Å²) in [5.74, 6) is 0. The number of halogens is 1. The van der Waals surface area contributed by atoms with Crippen molar-refractivity contribution < 1.29 is 5.11 Å². The summed E-state index contributed by atoms with van der Waals surface area (Å²) >= 11 is 7.50. The van der Waals surface area contributed by atoms with Gasteiger partial charge in [0.1, 0.15) is 0 Å². The highest BCUT2D eigenvalue weighted by molar-refractivity contribution is 7.22. The number of fused-ring (bicyclic) bond motifs is 1. The van der Waals surface area contributed by atoms with Crippen molar-refractivity contribution >= 4 is 38.3 Å². The van der Waals surface area contributed by atoms with Crippen molar-refractivity contribution in [1.29, 1.82) is 0 Å². The minimum Gasteiger partial charge on any atom is -0.393 e. The van der Waals surface area contributed by atoms with Crippen LogP contribution in [0.25, 0.3) is 10.2 Å². The lowest BCUT2D eigenvalue weighted by Crippen LogP contribution is -2.35. The molecule has 1 aliphatic rings. The first kappa shape index (κ1) is 12.2. The maximum Gasteiger partial charge on any atom is 0.184 e. The quantitative estimate of drug-likeness (QED) is 0.790. The van der Waals surface area contributed by atoms with Gasteiger partial charge in [0, 0.05) is 17.1 Å².